The number of hydroxylamine groups is 1. The van der Waals surface area contributed by atoms with Gasteiger partial charge in [-0.15, -0.1) is 0 Å². The quantitative estimate of drug-likeness (QED) is 0.703. The minimum absolute atomic E-state index is 0.681. The fourth-order valence-corrected chi connectivity index (χ4v) is 1.32. The zero-order valence-corrected chi connectivity index (χ0v) is 7.44. The molecule has 0 radical (unpaired) electrons. The molecule has 0 saturated carbocycles. The summed E-state index contributed by atoms with van der Waals surface area (Å²) < 4.78 is 0. The molecule has 0 atom stereocenters. The van der Waals surface area contributed by atoms with E-state index >= 15 is 0 Å². The van der Waals surface area contributed by atoms with E-state index in [1.54, 1.807) is 6.20 Å². The molecule has 1 aromatic heterocycles. The first-order valence-electron chi connectivity index (χ1n) is 4.48. The molecule has 2 N–H and O–H groups in total. The predicted molar refractivity (Wildman–Crippen MR) is 51.2 cm³/mol. The molecule has 0 aliphatic carbocycles. The first-order chi connectivity index (χ1) is 6.36. The summed E-state index contributed by atoms with van der Waals surface area (Å²) in [6.07, 6.45) is 3.94. The third-order valence-electron chi connectivity index (χ3n) is 2.03. The molecule has 0 spiro atoms. The SMILES string of the molecule is Nc1ccc(N2CCCCO2)nc1. The summed E-state index contributed by atoms with van der Waals surface area (Å²) in [7, 11) is 0. The Morgan fingerprint density at radius 1 is 1.38 bits per heavy atom. The van der Waals surface area contributed by atoms with Crippen LogP contribution in [0, 0.1) is 0 Å². The van der Waals surface area contributed by atoms with Gasteiger partial charge in [0, 0.05) is 6.54 Å². The highest BCUT2D eigenvalue weighted by molar-refractivity contribution is 5.44. The Kier molecular flexibility index (Phi) is 2.31. The van der Waals surface area contributed by atoms with Crippen molar-refractivity contribution >= 4 is 11.5 Å². The molecule has 70 valence electrons. The number of nitrogens with zero attached hydrogens (tertiary/aromatic N) is 2. The van der Waals surface area contributed by atoms with E-state index in [9.17, 15) is 0 Å². The predicted octanol–water partition coefficient (Wildman–Crippen LogP) is 1.20. The van der Waals surface area contributed by atoms with Gasteiger partial charge in [-0.2, -0.15) is 0 Å². The number of rotatable bonds is 1. The van der Waals surface area contributed by atoms with Crippen LogP contribution in [-0.4, -0.2) is 18.1 Å². The van der Waals surface area contributed by atoms with Crippen molar-refractivity contribution < 1.29 is 4.84 Å². The molecular weight excluding hydrogens is 166 g/mol. The van der Waals surface area contributed by atoms with Crippen LogP contribution in [-0.2, 0) is 4.84 Å². The molecule has 0 aromatic carbocycles. The maximum atomic E-state index is 5.53. The smallest absolute Gasteiger partial charge is 0.152 e. The van der Waals surface area contributed by atoms with Crippen LogP contribution in [0.4, 0.5) is 11.5 Å². The van der Waals surface area contributed by atoms with E-state index in [0.29, 0.717) is 5.69 Å². The molecule has 1 aromatic rings. The lowest BCUT2D eigenvalue weighted by atomic mass is 10.3. The fraction of sp³-hybridized carbons (Fsp3) is 0.444. The average molecular weight is 179 g/mol. The standard InChI is InChI=1S/C9H13N3O/c10-8-3-4-9(11-7-8)12-5-1-2-6-13-12/h3-4,7H,1-2,5-6,10H2. The number of nitrogens with two attached hydrogens (primary N) is 1. The number of aromatic nitrogens is 1. The molecule has 1 saturated heterocycles. The minimum Gasteiger partial charge on any atom is -0.397 e. The molecule has 2 heterocycles. The molecule has 4 heteroatoms. The second-order valence-electron chi connectivity index (χ2n) is 3.09. The molecule has 4 nitrogen and oxygen atoms in total. The average Bonchev–Trinajstić information content (AvgIpc) is 2.20. The van der Waals surface area contributed by atoms with Gasteiger partial charge in [0.2, 0.25) is 0 Å². The summed E-state index contributed by atoms with van der Waals surface area (Å²) in [5, 5.41) is 1.82. The summed E-state index contributed by atoms with van der Waals surface area (Å²) in [5.74, 6) is 0.842. The third kappa shape index (κ3) is 1.89. The summed E-state index contributed by atoms with van der Waals surface area (Å²) >= 11 is 0. The van der Waals surface area contributed by atoms with Gasteiger partial charge in [0.1, 0.15) is 0 Å². The van der Waals surface area contributed by atoms with Gasteiger partial charge in [-0.25, -0.2) is 10.0 Å². The summed E-state index contributed by atoms with van der Waals surface area (Å²) in [4.78, 5) is 9.61. The van der Waals surface area contributed by atoms with E-state index in [4.69, 9.17) is 10.6 Å². The van der Waals surface area contributed by atoms with E-state index in [0.717, 1.165) is 31.8 Å². The van der Waals surface area contributed by atoms with Crippen molar-refractivity contribution in [3.8, 4) is 0 Å². The van der Waals surface area contributed by atoms with Crippen LogP contribution in [0.3, 0.4) is 0 Å². The second-order valence-corrected chi connectivity index (χ2v) is 3.09. The van der Waals surface area contributed by atoms with Gasteiger partial charge in [-0.3, -0.25) is 4.84 Å². The highest BCUT2D eigenvalue weighted by atomic mass is 16.7. The van der Waals surface area contributed by atoms with E-state index in [-0.39, 0.29) is 0 Å². The maximum Gasteiger partial charge on any atom is 0.152 e. The van der Waals surface area contributed by atoms with Gasteiger partial charge in [0.25, 0.3) is 0 Å². The normalized spacial score (nSPS) is 17.4. The molecule has 0 amide bonds. The van der Waals surface area contributed by atoms with Crippen LogP contribution in [0.15, 0.2) is 18.3 Å². The first kappa shape index (κ1) is 8.31. The Labute approximate surface area is 77.3 Å². The van der Waals surface area contributed by atoms with Crippen LogP contribution in [0.1, 0.15) is 12.8 Å². The minimum atomic E-state index is 0.681. The van der Waals surface area contributed by atoms with E-state index < -0.39 is 0 Å². The Hall–Kier alpha value is -1.29. The summed E-state index contributed by atoms with van der Waals surface area (Å²) in [6.45, 7) is 1.70. The molecule has 2 rings (SSSR count). The molecule has 1 aliphatic rings. The van der Waals surface area contributed by atoms with Crippen molar-refractivity contribution in [3.63, 3.8) is 0 Å². The summed E-state index contributed by atoms with van der Waals surface area (Å²) in [5.41, 5.74) is 6.22. The largest absolute Gasteiger partial charge is 0.397 e. The van der Waals surface area contributed by atoms with Crippen molar-refractivity contribution in [3.05, 3.63) is 18.3 Å². The molecule has 0 bridgehead atoms. The van der Waals surface area contributed by atoms with Gasteiger partial charge in [-0.1, -0.05) is 0 Å². The molecular formula is C9H13N3O. The third-order valence-corrected chi connectivity index (χ3v) is 2.03. The topological polar surface area (TPSA) is 51.4 Å². The van der Waals surface area contributed by atoms with Gasteiger partial charge < -0.3 is 5.73 Å². The monoisotopic (exact) mass is 179 g/mol. The molecule has 13 heavy (non-hydrogen) atoms. The number of hydrogen-bond donors (Lipinski definition) is 1. The highest BCUT2D eigenvalue weighted by Crippen LogP contribution is 2.16. The van der Waals surface area contributed by atoms with Crippen LogP contribution in [0.5, 0.6) is 0 Å². The lowest BCUT2D eigenvalue weighted by molar-refractivity contribution is 0.0761. The maximum absolute atomic E-state index is 5.53. The Morgan fingerprint density at radius 3 is 2.92 bits per heavy atom. The van der Waals surface area contributed by atoms with Crippen molar-refractivity contribution in [2.75, 3.05) is 23.9 Å². The Morgan fingerprint density at radius 2 is 2.31 bits per heavy atom. The Bertz CT molecular complexity index is 267. The van der Waals surface area contributed by atoms with Crippen molar-refractivity contribution in [1.29, 1.82) is 0 Å². The zero-order chi connectivity index (χ0) is 9.10. The fourth-order valence-electron chi connectivity index (χ4n) is 1.32. The van der Waals surface area contributed by atoms with E-state index in [1.165, 1.54) is 0 Å². The number of anilines is 2. The van der Waals surface area contributed by atoms with Crippen LogP contribution >= 0.6 is 0 Å². The van der Waals surface area contributed by atoms with E-state index in [1.807, 2.05) is 17.2 Å². The van der Waals surface area contributed by atoms with Crippen LogP contribution in [0.25, 0.3) is 0 Å². The molecule has 1 aliphatic heterocycles. The van der Waals surface area contributed by atoms with E-state index in [2.05, 4.69) is 4.98 Å². The molecule has 1 fully saturated rings. The number of pyridine rings is 1. The number of nitrogen functional groups attached to an aromatic ring is 1. The Balaban J connectivity index is 2.10. The number of hydrogen-bond acceptors (Lipinski definition) is 4. The first-order valence-corrected chi connectivity index (χ1v) is 4.48. The zero-order valence-electron chi connectivity index (χ0n) is 7.44. The van der Waals surface area contributed by atoms with Gasteiger partial charge >= 0.3 is 0 Å². The highest BCUT2D eigenvalue weighted by Gasteiger charge is 2.12. The van der Waals surface area contributed by atoms with Gasteiger partial charge in [-0.05, 0) is 25.0 Å². The lowest BCUT2D eigenvalue weighted by Crippen LogP contribution is -2.30. The summed E-state index contributed by atoms with van der Waals surface area (Å²) in [6, 6.07) is 3.71. The van der Waals surface area contributed by atoms with Crippen LogP contribution in [0.2, 0.25) is 0 Å². The van der Waals surface area contributed by atoms with Crippen molar-refractivity contribution in [2.45, 2.75) is 12.8 Å². The second kappa shape index (κ2) is 3.62. The lowest BCUT2D eigenvalue weighted by Gasteiger charge is -2.26. The van der Waals surface area contributed by atoms with Crippen LogP contribution < -0.4 is 10.8 Å². The van der Waals surface area contributed by atoms with Gasteiger partial charge in [0.15, 0.2) is 5.82 Å². The van der Waals surface area contributed by atoms with Gasteiger partial charge in [0.05, 0.1) is 18.5 Å². The molecule has 0 unspecified atom stereocenters. The van der Waals surface area contributed by atoms with Crippen molar-refractivity contribution in [1.82, 2.24) is 4.98 Å². The van der Waals surface area contributed by atoms with Crippen molar-refractivity contribution in [2.24, 2.45) is 0 Å².